The van der Waals surface area contributed by atoms with Crippen molar-refractivity contribution in [1.29, 1.82) is 0 Å². The average molecular weight is 310 g/mol. The molecule has 1 saturated heterocycles. The molecule has 0 radical (unpaired) electrons. The molecule has 1 aliphatic rings. The molecule has 1 aromatic rings. The van der Waals surface area contributed by atoms with Crippen LogP contribution < -0.4 is 10.2 Å². The lowest BCUT2D eigenvalue weighted by molar-refractivity contribution is 0.301. The minimum absolute atomic E-state index is 0.118. The third kappa shape index (κ3) is 3.42. The topological polar surface area (TPSA) is 28.2 Å². The molecule has 21 heavy (non-hydrogen) atoms. The Labute approximate surface area is 134 Å². The second-order valence-corrected chi connectivity index (χ2v) is 8.49. The molecule has 3 nitrogen and oxygen atoms in total. The van der Waals surface area contributed by atoms with E-state index in [9.17, 15) is 0 Å². The van der Waals surface area contributed by atoms with Gasteiger partial charge in [0.25, 0.3) is 0 Å². The predicted molar refractivity (Wildman–Crippen MR) is 93.4 cm³/mol. The number of nitrogens with zero attached hydrogens (tertiary/aromatic N) is 2. The fourth-order valence-electron chi connectivity index (χ4n) is 3.27. The van der Waals surface area contributed by atoms with E-state index in [4.69, 9.17) is 4.98 Å². The fourth-order valence-corrected chi connectivity index (χ4v) is 4.57. The maximum Gasteiger partial charge on any atom is 0.185 e. The van der Waals surface area contributed by atoms with E-state index in [-0.39, 0.29) is 5.41 Å². The van der Waals surface area contributed by atoms with Crippen LogP contribution in [-0.4, -0.2) is 25.1 Å². The summed E-state index contributed by atoms with van der Waals surface area (Å²) in [6.07, 6.45) is 3.87. The van der Waals surface area contributed by atoms with E-state index in [0.717, 1.165) is 13.1 Å². The summed E-state index contributed by atoms with van der Waals surface area (Å²) >= 11 is 1.88. The van der Waals surface area contributed by atoms with Crippen LogP contribution in [0.25, 0.3) is 0 Å². The van der Waals surface area contributed by atoms with E-state index >= 15 is 0 Å². The van der Waals surface area contributed by atoms with Crippen LogP contribution in [0.1, 0.15) is 64.5 Å². The van der Waals surface area contributed by atoms with Crippen molar-refractivity contribution in [3.05, 3.63) is 10.6 Å². The van der Waals surface area contributed by atoms with Gasteiger partial charge in [0.2, 0.25) is 0 Å². The summed E-state index contributed by atoms with van der Waals surface area (Å²) in [7, 11) is 2.01. The Balaban J connectivity index is 2.26. The Kier molecular flexibility index (Phi) is 4.99. The number of nitrogens with one attached hydrogen (secondary N) is 1. The van der Waals surface area contributed by atoms with Gasteiger partial charge in [-0.2, -0.15) is 0 Å². The largest absolute Gasteiger partial charge is 0.348 e. The summed E-state index contributed by atoms with van der Waals surface area (Å²) in [5.74, 6) is 0. The highest BCUT2D eigenvalue weighted by Gasteiger charge is 2.36. The van der Waals surface area contributed by atoms with Crippen molar-refractivity contribution < 1.29 is 0 Å². The molecule has 0 bridgehead atoms. The van der Waals surface area contributed by atoms with Gasteiger partial charge in [0, 0.05) is 29.9 Å². The van der Waals surface area contributed by atoms with Crippen LogP contribution in [0.4, 0.5) is 5.13 Å². The molecule has 2 rings (SSSR count). The van der Waals surface area contributed by atoms with E-state index in [2.05, 4.69) is 44.8 Å². The van der Waals surface area contributed by atoms with Crippen LogP contribution in [0.3, 0.4) is 0 Å². The van der Waals surface area contributed by atoms with Crippen molar-refractivity contribution in [2.45, 2.75) is 65.8 Å². The standard InChI is InChI=1S/C17H31N3S/c1-7-17(8-2)9-10-20(12-17)15-19-14(16(3,4)5)13(21-15)11-18-6/h18H,7-12H2,1-6H3. The van der Waals surface area contributed by atoms with Gasteiger partial charge >= 0.3 is 0 Å². The zero-order valence-electron chi connectivity index (χ0n) is 14.5. The second kappa shape index (κ2) is 6.25. The lowest BCUT2D eigenvalue weighted by atomic mass is 9.82. The molecule has 2 heterocycles. The molecule has 4 heteroatoms. The normalized spacial score (nSPS) is 18.5. The molecule has 0 spiro atoms. The first-order chi connectivity index (χ1) is 9.85. The van der Waals surface area contributed by atoms with Crippen molar-refractivity contribution in [2.75, 3.05) is 25.0 Å². The van der Waals surface area contributed by atoms with Gasteiger partial charge in [-0.25, -0.2) is 4.98 Å². The second-order valence-electron chi connectivity index (χ2n) is 7.43. The quantitative estimate of drug-likeness (QED) is 0.884. The van der Waals surface area contributed by atoms with Gasteiger partial charge in [0.1, 0.15) is 0 Å². The zero-order valence-corrected chi connectivity index (χ0v) is 15.4. The lowest BCUT2D eigenvalue weighted by Crippen LogP contribution is -2.26. The van der Waals surface area contributed by atoms with Gasteiger partial charge in [-0.3, -0.25) is 0 Å². The van der Waals surface area contributed by atoms with Gasteiger partial charge in [0.05, 0.1) is 5.69 Å². The molecular weight excluding hydrogens is 278 g/mol. The van der Waals surface area contributed by atoms with Crippen LogP contribution in [-0.2, 0) is 12.0 Å². The first-order valence-electron chi connectivity index (χ1n) is 8.25. The zero-order chi connectivity index (χ0) is 15.7. The molecule has 0 aromatic carbocycles. The van der Waals surface area contributed by atoms with E-state index < -0.39 is 0 Å². The Morgan fingerprint density at radius 2 is 1.95 bits per heavy atom. The first-order valence-corrected chi connectivity index (χ1v) is 9.06. The maximum atomic E-state index is 5.02. The van der Waals surface area contributed by atoms with Crippen molar-refractivity contribution in [2.24, 2.45) is 5.41 Å². The number of anilines is 1. The average Bonchev–Trinajstić information content (AvgIpc) is 3.03. The first kappa shape index (κ1) is 16.8. The molecule has 0 amide bonds. The van der Waals surface area contributed by atoms with Crippen LogP contribution in [0.2, 0.25) is 0 Å². The van der Waals surface area contributed by atoms with Gasteiger partial charge < -0.3 is 10.2 Å². The molecule has 120 valence electrons. The smallest absolute Gasteiger partial charge is 0.185 e. The van der Waals surface area contributed by atoms with E-state index in [1.165, 1.54) is 41.5 Å². The monoisotopic (exact) mass is 309 g/mol. The lowest BCUT2D eigenvalue weighted by Gasteiger charge is -2.26. The van der Waals surface area contributed by atoms with E-state index in [1.807, 2.05) is 18.4 Å². The van der Waals surface area contributed by atoms with Crippen molar-refractivity contribution in [3.8, 4) is 0 Å². The highest BCUT2D eigenvalue weighted by molar-refractivity contribution is 7.15. The number of hydrogen-bond donors (Lipinski definition) is 1. The highest BCUT2D eigenvalue weighted by Crippen LogP contribution is 2.41. The van der Waals surface area contributed by atoms with Gasteiger partial charge in [-0.05, 0) is 31.7 Å². The maximum absolute atomic E-state index is 5.02. The van der Waals surface area contributed by atoms with E-state index in [0.29, 0.717) is 5.41 Å². The number of aromatic nitrogens is 1. The molecule has 1 aromatic heterocycles. The molecular formula is C17H31N3S. The molecule has 0 aliphatic carbocycles. The highest BCUT2D eigenvalue weighted by atomic mass is 32.1. The van der Waals surface area contributed by atoms with Gasteiger partial charge in [0.15, 0.2) is 5.13 Å². The third-order valence-electron chi connectivity index (χ3n) is 4.94. The minimum atomic E-state index is 0.118. The summed E-state index contributed by atoms with van der Waals surface area (Å²) in [6.45, 7) is 14.7. The summed E-state index contributed by atoms with van der Waals surface area (Å²) in [5.41, 5.74) is 1.90. The molecule has 0 saturated carbocycles. The molecule has 0 atom stereocenters. The Bertz CT molecular complexity index is 469. The van der Waals surface area contributed by atoms with Gasteiger partial charge in [-0.15, -0.1) is 11.3 Å². The summed E-state index contributed by atoms with van der Waals surface area (Å²) in [4.78, 5) is 8.93. The number of thiazole rings is 1. The summed E-state index contributed by atoms with van der Waals surface area (Å²) < 4.78 is 0. The van der Waals surface area contributed by atoms with Crippen molar-refractivity contribution in [1.82, 2.24) is 10.3 Å². The molecule has 1 aliphatic heterocycles. The van der Waals surface area contributed by atoms with E-state index in [1.54, 1.807) is 0 Å². The Hall–Kier alpha value is -0.610. The number of rotatable bonds is 5. The van der Waals surface area contributed by atoms with Crippen LogP contribution in [0.5, 0.6) is 0 Å². The van der Waals surface area contributed by atoms with Crippen LogP contribution in [0, 0.1) is 5.41 Å². The Morgan fingerprint density at radius 1 is 1.29 bits per heavy atom. The van der Waals surface area contributed by atoms with Crippen molar-refractivity contribution in [3.63, 3.8) is 0 Å². The molecule has 0 unspecified atom stereocenters. The fraction of sp³-hybridized carbons (Fsp3) is 0.824. The summed E-state index contributed by atoms with van der Waals surface area (Å²) in [6, 6.07) is 0. The predicted octanol–water partition coefficient (Wildman–Crippen LogP) is 4.18. The third-order valence-corrected chi connectivity index (χ3v) is 6.06. The van der Waals surface area contributed by atoms with Crippen molar-refractivity contribution >= 4 is 16.5 Å². The summed E-state index contributed by atoms with van der Waals surface area (Å²) in [5, 5.41) is 4.52. The Morgan fingerprint density at radius 3 is 2.43 bits per heavy atom. The van der Waals surface area contributed by atoms with Crippen LogP contribution >= 0.6 is 11.3 Å². The van der Waals surface area contributed by atoms with Gasteiger partial charge in [-0.1, -0.05) is 34.6 Å². The molecule has 1 fully saturated rings. The SMILES string of the molecule is CCC1(CC)CCN(c2nc(C(C)(C)C)c(CNC)s2)C1. The number of hydrogen-bond acceptors (Lipinski definition) is 4. The van der Waals surface area contributed by atoms with Crippen LogP contribution in [0.15, 0.2) is 0 Å². The molecule has 1 N–H and O–H groups in total. The minimum Gasteiger partial charge on any atom is -0.348 e.